The molecular formula is C26H25N7O. The Bertz CT molecular complexity index is 1520. The molecule has 0 atom stereocenters. The van der Waals surface area contributed by atoms with E-state index in [2.05, 4.69) is 33.2 Å². The summed E-state index contributed by atoms with van der Waals surface area (Å²) in [6, 6.07) is 13.7. The molecule has 34 heavy (non-hydrogen) atoms. The van der Waals surface area contributed by atoms with Crippen molar-refractivity contribution in [2.24, 2.45) is 0 Å². The zero-order valence-electron chi connectivity index (χ0n) is 19.1. The summed E-state index contributed by atoms with van der Waals surface area (Å²) in [6.45, 7) is 6.02. The first-order chi connectivity index (χ1) is 16.7. The summed E-state index contributed by atoms with van der Waals surface area (Å²) in [5.74, 6) is 6.81. The molecule has 2 aromatic carbocycles. The van der Waals surface area contributed by atoms with Crippen LogP contribution in [0.1, 0.15) is 24.5 Å². The van der Waals surface area contributed by atoms with E-state index in [1.807, 2.05) is 34.9 Å². The van der Waals surface area contributed by atoms with E-state index in [9.17, 15) is 10.1 Å². The van der Waals surface area contributed by atoms with Crippen LogP contribution in [0.25, 0.3) is 21.8 Å². The van der Waals surface area contributed by atoms with Gasteiger partial charge < -0.3 is 10.2 Å². The van der Waals surface area contributed by atoms with Crippen LogP contribution < -0.4 is 15.8 Å². The molecule has 0 unspecified atom stereocenters. The van der Waals surface area contributed by atoms with Gasteiger partial charge in [0.25, 0.3) is 5.56 Å². The normalized spacial score (nSPS) is 13.9. The van der Waals surface area contributed by atoms with Gasteiger partial charge in [-0.2, -0.15) is 10.4 Å². The van der Waals surface area contributed by atoms with E-state index in [0.717, 1.165) is 54.9 Å². The van der Waals surface area contributed by atoms with E-state index in [1.54, 1.807) is 19.2 Å². The van der Waals surface area contributed by atoms with Crippen molar-refractivity contribution in [1.29, 1.82) is 5.26 Å². The van der Waals surface area contributed by atoms with Gasteiger partial charge in [-0.3, -0.25) is 9.36 Å². The molecule has 170 valence electrons. The van der Waals surface area contributed by atoms with E-state index in [0.29, 0.717) is 29.7 Å². The number of nitrogens with one attached hydrogen (secondary N) is 1. The van der Waals surface area contributed by atoms with Gasteiger partial charge in [-0.15, -0.1) is 5.92 Å². The fraction of sp³-hybridized carbons (Fsp3) is 0.308. The maximum atomic E-state index is 13.6. The first kappa shape index (κ1) is 21.7. The van der Waals surface area contributed by atoms with Gasteiger partial charge >= 0.3 is 0 Å². The lowest BCUT2D eigenvalue weighted by atomic mass is 10.00. The molecule has 0 bridgehead atoms. The lowest BCUT2D eigenvalue weighted by molar-refractivity contribution is 0.644. The second-order valence-corrected chi connectivity index (χ2v) is 8.29. The monoisotopic (exact) mass is 451 g/mol. The SMILES string of the molecule is CC#CCn1c(N2CCCNCC2)nc2cnn(Cc3ccc(C#N)c4ccccc34)c(=O)c21. The number of aromatic nitrogens is 4. The summed E-state index contributed by atoms with van der Waals surface area (Å²) < 4.78 is 3.40. The number of nitriles is 1. The molecule has 0 saturated carbocycles. The number of rotatable bonds is 4. The van der Waals surface area contributed by atoms with Crippen LogP contribution in [0, 0.1) is 23.2 Å². The largest absolute Gasteiger partial charge is 0.341 e. The summed E-state index contributed by atoms with van der Waals surface area (Å²) in [6.07, 6.45) is 2.68. The summed E-state index contributed by atoms with van der Waals surface area (Å²) in [5, 5.41) is 19.1. The van der Waals surface area contributed by atoms with Gasteiger partial charge in [0.1, 0.15) is 11.0 Å². The Balaban J connectivity index is 1.62. The molecule has 1 N–H and O–H groups in total. The molecule has 5 rings (SSSR count). The van der Waals surface area contributed by atoms with Crippen molar-refractivity contribution in [1.82, 2.24) is 24.6 Å². The number of nitrogens with zero attached hydrogens (tertiary/aromatic N) is 6. The van der Waals surface area contributed by atoms with Crippen molar-refractivity contribution in [3.8, 4) is 17.9 Å². The van der Waals surface area contributed by atoms with Gasteiger partial charge in [0.05, 0.1) is 30.9 Å². The molecular weight excluding hydrogens is 426 g/mol. The molecule has 1 saturated heterocycles. The zero-order chi connectivity index (χ0) is 23.5. The van der Waals surface area contributed by atoms with Gasteiger partial charge in [-0.1, -0.05) is 36.3 Å². The highest BCUT2D eigenvalue weighted by molar-refractivity contribution is 5.90. The summed E-state index contributed by atoms with van der Waals surface area (Å²) in [7, 11) is 0. The maximum absolute atomic E-state index is 13.6. The van der Waals surface area contributed by atoms with Crippen LogP contribution in [0.2, 0.25) is 0 Å². The lowest BCUT2D eigenvalue weighted by Gasteiger charge is -2.21. The van der Waals surface area contributed by atoms with Crippen molar-refractivity contribution >= 4 is 27.8 Å². The van der Waals surface area contributed by atoms with Crippen molar-refractivity contribution in [3.05, 3.63) is 64.1 Å². The van der Waals surface area contributed by atoms with E-state index in [1.165, 1.54) is 4.68 Å². The molecule has 8 heteroatoms. The Hall–Kier alpha value is -4.14. The summed E-state index contributed by atoms with van der Waals surface area (Å²) >= 11 is 0. The fourth-order valence-corrected chi connectivity index (χ4v) is 4.54. The molecule has 3 heterocycles. The molecule has 1 aliphatic rings. The second-order valence-electron chi connectivity index (χ2n) is 8.29. The molecule has 1 fully saturated rings. The van der Waals surface area contributed by atoms with Gasteiger partial charge in [-0.25, -0.2) is 9.67 Å². The number of hydrogen-bond donors (Lipinski definition) is 1. The molecule has 0 spiro atoms. The average molecular weight is 452 g/mol. The predicted octanol–water partition coefficient (Wildman–Crippen LogP) is 2.49. The van der Waals surface area contributed by atoms with Crippen molar-refractivity contribution < 1.29 is 0 Å². The van der Waals surface area contributed by atoms with Gasteiger partial charge in [0, 0.05) is 19.6 Å². The topological polar surface area (TPSA) is 91.8 Å². The predicted molar refractivity (Wildman–Crippen MR) is 133 cm³/mol. The van der Waals surface area contributed by atoms with Crippen LogP contribution >= 0.6 is 0 Å². The number of imidazole rings is 1. The molecule has 0 aliphatic carbocycles. The minimum absolute atomic E-state index is 0.199. The minimum atomic E-state index is -0.199. The average Bonchev–Trinajstić information content (AvgIpc) is 3.03. The number of hydrogen-bond acceptors (Lipinski definition) is 6. The van der Waals surface area contributed by atoms with E-state index >= 15 is 0 Å². The molecule has 0 radical (unpaired) electrons. The number of anilines is 1. The first-order valence-corrected chi connectivity index (χ1v) is 11.4. The van der Waals surface area contributed by atoms with Crippen molar-refractivity contribution in [3.63, 3.8) is 0 Å². The minimum Gasteiger partial charge on any atom is -0.341 e. The van der Waals surface area contributed by atoms with Gasteiger partial charge in [-0.05, 0) is 42.3 Å². The highest BCUT2D eigenvalue weighted by Crippen LogP contribution is 2.24. The lowest BCUT2D eigenvalue weighted by Crippen LogP contribution is -2.31. The van der Waals surface area contributed by atoms with Crippen LogP contribution in [-0.4, -0.2) is 45.5 Å². The Kier molecular flexibility index (Phi) is 5.99. The Labute approximate surface area is 197 Å². The highest BCUT2D eigenvalue weighted by atomic mass is 16.1. The Morgan fingerprint density at radius 2 is 1.97 bits per heavy atom. The third kappa shape index (κ3) is 3.89. The van der Waals surface area contributed by atoms with Crippen LogP contribution in [-0.2, 0) is 13.1 Å². The summed E-state index contributed by atoms with van der Waals surface area (Å²) in [4.78, 5) is 20.7. The van der Waals surface area contributed by atoms with E-state index in [-0.39, 0.29) is 5.56 Å². The highest BCUT2D eigenvalue weighted by Gasteiger charge is 2.21. The van der Waals surface area contributed by atoms with Gasteiger partial charge in [0.15, 0.2) is 0 Å². The molecule has 2 aromatic heterocycles. The van der Waals surface area contributed by atoms with Crippen LogP contribution in [0.5, 0.6) is 0 Å². The van der Waals surface area contributed by atoms with Crippen LogP contribution in [0.4, 0.5) is 5.95 Å². The standard InChI is InChI=1S/C26H25N7O/c1-2-3-14-32-24-23(30-26(32)31-13-6-11-28-12-15-31)17-29-33(25(24)34)18-20-10-9-19(16-27)21-7-4-5-8-22(20)21/h4-5,7-10,17,28H,6,11-15,18H2,1H3. The van der Waals surface area contributed by atoms with Crippen LogP contribution in [0.15, 0.2) is 47.4 Å². The molecule has 8 nitrogen and oxygen atoms in total. The van der Waals surface area contributed by atoms with Crippen molar-refractivity contribution in [2.75, 3.05) is 31.1 Å². The quantitative estimate of drug-likeness (QED) is 0.480. The first-order valence-electron chi connectivity index (χ1n) is 11.4. The zero-order valence-corrected chi connectivity index (χ0v) is 19.1. The van der Waals surface area contributed by atoms with Crippen LogP contribution in [0.3, 0.4) is 0 Å². The van der Waals surface area contributed by atoms with Crippen molar-refractivity contribution in [2.45, 2.75) is 26.4 Å². The summed E-state index contributed by atoms with van der Waals surface area (Å²) in [5.41, 5.74) is 2.44. The molecule has 1 aliphatic heterocycles. The Morgan fingerprint density at radius 3 is 2.79 bits per heavy atom. The van der Waals surface area contributed by atoms with E-state index in [4.69, 9.17) is 4.98 Å². The third-order valence-electron chi connectivity index (χ3n) is 6.22. The Morgan fingerprint density at radius 1 is 1.12 bits per heavy atom. The second kappa shape index (κ2) is 9.38. The van der Waals surface area contributed by atoms with Gasteiger partial charge in [0.2, 0.25) is 5.95 Å². The molecule has 0 amide bonds. The number of fused-ring (bicyclic) bond motifs is 2. The smallest absolute Gasteiger partial charge is 0.293 e. The molecule has 4 aromatic rings. The number of benzene rings is 2. The van der Waals surface area contributed by atoms with E-state index < -0.39 is 0 Å². The fourth-order valence-electron chi connectivity index (χ4n) is 4.54. The maximum Gasteiger partial charge on any atom is 0.293 e. The third-order valence-corrected chi connectivity index (χ3v) is 6.22.